The summed E-state index contributed by atoms with van der Waals surface area (Å²) in [4.78, 5) is 12.1. The van der Waals surface area contributed by atoms with Crippen molar-refractivity contribution in [2.75, 3.05) is 0 Å². The van der Waals surface area contributed by atoms with Crippen LogP contribution < -0.4 is 4.74 Å². The van der Waals surface area contributed by atoms with E-state index in [-0.39, 0.29) is 22.6 Å². The van der Waals surface area contributed by atoms with E-state index in [1.165, 1.54) is 6.07 Å². The second-order valence-electron chi connectivity index (χ2n) is 4.42. The van der Waals surface area contributed by atoms with Crippen molar-refractivity contribution >= 4 is 11.9 Å². The van der Waals surface area contributed by atoms with Crippen LogP contribution in [0.3, 0.4) is 0 Å². The lowest BCUT2D eigenvalue weighted by Crippen LogP contribution is -1.99. The van der Waals surface area contributed by atoms with Crippen LogP contribution in [0.5, 0.6) is 17.2 Å². The van der Waals surface area contributed by atoms with E-state index in [0.29, 0.717) is 0 Å². The highest BCUT2D eigenvalue weighted by Gasteiger charge is 2.31. The van der Waals surface area contributed by atoms with Gasteiger partial charge in [0, 0.05) is 5.56 Å². The van der Waals surface area contributed by atoms with Gasteiger partial charge in [-0.15, -0.1) is 0 Å². The van der Waals surface area contributed by atoms with Crippen LogP contribution in [-0.2, 0) is 0 Å². The normalized spacial score (nSPS) is 15.1. The molecule has 0 aliphatic carbocycles. The van der Waals surface area contributed by atoms with Gasteiger partial charge in [-0.3, -0.25) is 4.79 Å². The number of rotatable bonds is 1. The van der Waals surface area contributed by atoms with E-state index in [1.54, 1.807) is 0 Å². The first-order chi connectivity index (χ1) is 9.97. The number of benzene rings is 2. The number of phenols is 2. The average molecular weight is 290 g/mol. The molecule has 106 valence electrons. The third kappa shape index (κ3) is 2.10. The summed E-state index contributed by atoms with van der Waals surface area (Å²) in [6.07, 6.45) is 1.04. The van der Waals surface area contributed by atoms with Crippen LogP contribution in [0.15, 0.2) is 36.1 Å². The van der Waals surface area contributed by atoms with E-state index >= 15 is 0 Å². The van der Waals surface area contributed by atoms with Gasteiger partial charge in [-0.2, -0.15) is 0 Å². The molecule has 0 atom stereocenters. The van der Waals surface area contributed by atoms with Crippen molar-refractivity contribution in [2.24, 2.45) is 0 Å². The SMILES string of the molecule is O=C1/C(=C/c2cc(F)ccc2F)Oc2c1ccc(O)c2O. The number of Topliss-reactive ketones (excluding diaryl/α,β-unsaturated/α-hetero) is 1. The number of ketones is 1. The lowest BCUT2D eigenvalue weighted by molar-refractivity contribution is 0.101. The third-order valence-corrected chi connectivity index (χ3v) is 3.04. The van der Waals surface area contributed by atoms with Gasteiger partial charge in [0.15, 0.2) is 17.3 Å². The molecule has 2 aromatic carbocycles. The Labute approximate surface area is 117 Å². The molecule has 0 saturated carbocycles. The molecule has 0 spiro atoms. The number of phenolic OH excluding ortho intramolecular Hbond substituents is 2. The van der Waals surface area contributed by atoms with Crippen molar-refractivity contribution in [2.45, 2.75) is 0 Å². The number of ether oxygens (including phenoxy) is 1. The molecule has 0 saturated heterocycles. The van der Waals surface area contributed by atoms with E-state index in [4.69, 9.17) is 4.74 Å². The van der Waals surface area contributed by atoms with E-state index in [2.05, 4.69) is 0 Å². The summed E-state index contributed by atoms with van der Waals surface area (Å²) in [6, 6.07) is 5.21. The summed E-state index contributed by atoms with van der Waals surface area (Å²) in [5.41, 5.74) is -0.122. The maximum atomic E-state index is 13.6. The van der Waals surface area contributed by atoms with Crippen LogP contribution in [0.25, 0.3) is 6.08 Å². The van der Waals surface area contributed by atoms with Gasteiger partial charge in [0.2, 0.25) is 11.5 Å². The standard InChI is InChI=1S/C15H8F2O4/c16-8-1-3-10(17)7(5-8)6-12-13(19)9-2-4-11(18)14(20)15(9)21-12/h1-6,18,20H/b12-6-. The topological polar surface area (TPSA) is 66.8 Å². The average Bonchev–Trinajstić information content (AvgIpc) is 2.76. The Bertz CT molecular complexity index is 797. The second-order valence-corrected chi connectivity index (χ2v) is 4.42. The molecule has 1 heterocycles. The van der Waals surface area contributed by atoms with Gasteiger partial charge in [-0.25, -0.2) is 8.78 Å². The highest BCUT2D eigenvalue weighted by atomic mass is 19.1. The molecule has 0 radical (unpaired) electrons. The van der Waals surface area contributed by atoms with Crippen molar-refractivity contribution in [1.29, 1.82) is 0 Å². The molecule has 0 amide bonds. The smallest absolute Gasteiger partial charge is 0.232 e. The fourth-order valence-electron chi connectivity index (χ4n) is 1.99. The number of halogens is 2. The first kappa shape index (κ1) is 13.1. The first-order valence-electron chi connectivity index (χ1n) is 5.91. The van der Waals surface area contributed by atoms with Crippen molar-refractivity contribution in [3.8, 4) is 17.2 Å². The summed E-state index contributed by atoms with van der Waals surface area (Å²) in [5, 5.41) is 19.0. The Morgan fingerprint density at radius 3 is 2.62 bits per heavy atom. The largest absolute Gasteiger partial charge is 0.504 e. The zero-order valence-electron chi connectivity index (χ0n) is 10.4. The quantitative estimate of drug-likeness (QED) is 0.626. The van der Waals surface area contributed by atoms with Crippen molar-refractivity contribution in [1.82, 2.24) is 0 Å². The zero-order valence-corrected chi connectivity index (χ0v) is 10.4. The molecule has 2 N–H and O–H groups in total. The van der Waals surface area contributed by atoms with Gasteiger partial charge >= 0.3 is 0 Å². The fraction of sp³-hybridized carbons (Fsp3) is 0. The Balaban J connectivity index is 2.07. The Morgan fingerprint density at radius 2 is 1.86 bits per heavy atom. The van der Waals surface area contributed by atoms with E-state index in [9.17, 15) is 23.8 Å². The van der Waals surface area contributed by atoms with Gasteiger partial charge in [-0.05, 0) is 36.4 Å². The number of fused-ring (bicyclic) bond motifs is 1. The molecular formula is C15H8F2O4. The molecule has 2 aromatic rings. The van der Waals surface area contributed by atoms with Gasteiger partial charge in [0.1, 0.15) is 11.6 Å². The third-order valence-electron chi connectivity index (χ3n) is 3.04. The summed E-state index contributed by atoms with van der Waals surface area (Å²) < 4.78 is 31.8. The van der Waals surface area contributed by atoms with Crippen molar-refractivity contribution in [3.63, 3.8) is 0 Å². The van der Waals surface area contributed by atoms with Crippen molar-refractivity contribution < 1.29 is 28.5 Å². The highest BCUT2D eigenvalue weighted by molar-refractivity contribution is 6.15. The summed E-state index contributed by atoms with van der Waals surface area (Å²) in [5.74, 6) is -3.47. The van der Waals surface area contributed by atoms with Crippen LogP contribution in [0.4, 0.5) is 8.78 Å². The minimum Gasteiger partial charge on any atom is -0.504 e. The van der Waals surface area contributed by atoms with Crippen LogP contribution in [-0.4, -0.2) is 16.0 Å². The number of allylic oxidation sites excluding steroid dienone is 1. The molecule has 3 rings (SSSR count). The molecule has 1 aliphatic rings. The van der Waals surface area contributed by atoms with Crippen LogP contribution in [0.1, 0.15) is 15.9 Å². The molecule has 6 heteroatoms. The Kier molecular flexibility index (Phi) is 2.86. The van der Waals surface area contributed by atoms with E-state index < -0.39 is 28.9 Å². The molecule has 0 bridgehead atoms. The van der Waals surface area contributed by atoms with Gasteiger partial charge in [0.25, 0.3) is 0 Å². The summed E-state index contributed by atoms with van der Waals surface area (Å²) >= 11 is 0. The van der Waals surface area contributed by atoms with Crippen LogP contribution in [0.2, 0.25) is 0 Å². The second kappa shape index (κ2) is 4.59. The maximum absolute atomic E-state index is 13.6. The number of carbonyl (C=O) groups excluding carboxylic acids is 1. The zero-order chi connectivity index (χ0) is 15.1. The predicted molar refractivity (Wildman–Crippen MR) is 69.1 cm³/mol. The molecular weight excluding hydrogens is 282 g/mol. The number of carbonyl (C=O) groups is 1. The van der Waals surface area contributed by atoms with Gasteiger partial charge in [0.05, 0.1) is 5.56 Å². The van der Waals surface area contributed by atoms with Gasteiger partial charge < -0.3 is 14.9 Å². The minimum absolute atomic E-state index is 0.0355. The number of hydrogen-bond acceptors (Lipinski definition) is 4. The molecule has 21 heavy (non-hydrogen) atoms. The number of aromatic hydroxyl groups is 2. The molecule has 0 aromatic heterocycles. The van der Waals surface area contributed by atoms with Crippen LogP contribution in [0, 0.1) is 11.6 Å². The Hall–Kier alpha value is -2.89. The molecule has 0 unspecified atom stereocenters. The molecule has 0 fully saturated rings. The van der Waals surface area contributed by atoms with E-state index in [1.807, 2.05) is 0 Å². The van der Waals surface area contributed by atoms with Crippen LogP contribution >= 0.6 is 0 Å². The fourth-order valence-corrected chi connectivity index (χ4v) is 1.99. The molecule has 4 nitrogen and oxygen atoms in total. The summed E-state index contributed by atoms with van der Waals surface area (Å²) in [6.45, 7) is 0. The highest BCUT2D eigenvalue weighted by Crippen LogP contribution is 2.44. The molecule has 1 aliphatic heterocycles. The number of hydrogen-bond donors (Lipinski definition) is 2. The van der Waals surface area contributed by atoms with Crippen molar-refractivity contribution in [3.05, 3.63) is 58.9 Å². The maximum Gasteiger partial charge on any atom is 0.232 e. The van der Waals surface area contributed by atoms with Gasteiger partial charge in [-0.1, -0.05) is 0 Å². The first-order valence-corrected chi connectivity index (χ1v) is 5.91. The Morgan fingerprint density at radius 1 is 1.10 bits per heavy atom. The lowest BCUT2D eigenvalue weighted by Gasteiger charge is -2.03. The summed E-state index contributed by atoms with van der Waals surface area (Å²) in [7, 11) is 0. The lowest BCUT2D eigenvalue weighted by atomic mass is 10.1. The minimum atomic E-state index is -0.719. The van der Waals surface area contributed by atoms with E-state index in [0.717, 1.165) is 30.3 Å². The predicted octanol–water partition coefficient (Wildman–Crippen LogP) is 2.99. The monoisotopic (exact) mass is 290 g/mol.